The Kier molecular flexibility index (Phi) is 7.29. The second kappa shape index (κ2) is 10.6. The zero-order chi connectivity index (χ0) is 26.0. The van der Waals surface area contributed by atoms with Gasteiger partial charge in [-0.05, 0) is 60.6 Å². The highest BCUT2D eigenvalue weighted by molar-refractivity contribution is 9.10. The molecule has 5 heteroatoms. The number of halogens is 1. The van der Waals surface area contributed by atoms with Gasteiger partial charge in [0.05, 0.1) is 12.6 Å². The van der Waals surface area contributed by atoms with Crippen LogP contribution in [0.1, 0.15) is 29.0 Å². The first-order chi connectivity index (χ1) is 17.9. The van der Waals surface area contributed by atoms with Crippen molar-refractivity contribution >= 4 is 37.6 Å². The van der Waals surface area contributed by atoms with Gasteiger partial charge in [0.2, 0.25) is 5.88 Å². The summed E-state index contributed by atoms with van der Waals surface area (Å²) in [6.45, 7) is 0.708. The molecule has 0 bridgehead atoms. The van der Waals surface area contributed by atoms with E-state index in [2.05, 4.69) is 63.3 Å². The monoisotopic (exact) mass is 554 g/mol. The summed E-state index contributed by atoms with van der Waals surface area (Å²) >= 11 is 3.56. The predicted octanol–water partition coefficient (Wildman–Crippen LogP) is 7.13. The molecule has 188 valence electrons. The zero-order valence-corrected chi connectivity index (χ0v) is 22.9. The third-order valence-electron chi connectivity index (χ3n) is 7.08. The van der Waals surface area contributed by atoms with Gasteiger partial charge in [0.15, 0.2) is 0 Å². The Bertz CT molecular complexity index is 1530. The van der Waals surface area contributed by atoms with E-state index in [0.29, 0.717) is 18.8 Å². The van der Waals surface area contributed by atoms with Crippen molar-refractivity contribution < 1.29 is 9.84 Å². The van der Waals surface area contributed by atoms with Gasteiger partial charge in [0, 0.05) is 27.9 Å². The quantitative estimate of drug-likeness (QED) is 0.221. The lowest BCUT2D eigenvalue weighted by atomic mass is 9.70. The van der Waals surface area contributed by atoms with Crippen molar-refractivity contribution in [2.45, 2.75) is 17.9 Å². The number of rotatable bonds is 8. The van der Waals surface area contributed by atoms with Crippen molar-refractivity contribution in [3.63, 3.8) is 0 Å². The average molecular weight is 556 g/mol. The van der Waals surface area contributed by atoms with Gasteiger partial charge in [-0.3, -0.25) is 0 Å². The van der Waals surface area contributed by atoms with E-state index in [0.717, 1.165) is 42.8 Å². The lowest BCUT2D eigenvalue weighted by Crippen LogP contribution is -2.38. The van der Waals surface area contributed by atoms with Gasteiger partial charge in [-0.25, -0.2) is 4.98 Å². The number of hydrogen-bond acceptors (Lipinski definition) is 4. The zero-order valence-electron chi connectivity index (χ0n) is 21.4. The normalized spacial score (nSPS) is 14.1. The molecule has 0 saturated carbocycles. The Labute approximate surface area is 226 Å². The minimum atomic E-state index is -1.25. The van der Waals surface area contributed by atoms with Gasteiger partial charge in [-0.1, -0.05) is 94.8 Å². The number of fused-ring (bicyclic) bond motifs is 2. The van der Waals surface area contributed by atoms with Crippen LogP contribution in [0.5, 0.6) is 5.88 Å². The highest BCUT2D eigenvalue weighted by Crippen LogP contribution is 2.49. The molecule has 0 radical (unpaired) electrons. The van der Waals surface area contributed by atoms with Gasteiger partial charge in [-0.2, -0.15) is 0 Å². The van der Waals surface area contributed by atoms with Crippen LogP contribution in [0, 0.1) is 0 Å². The van der Waals surface area contributed by atoms with E-state index in [1.54, 1.807) is 7.11 Å². The summed E-state index contributed by atoms with van der Waals surface area (Å²) in [5.74, 6) is 0.0953. The minimum Gasteiger partial charge on any atom is -0.481 e. The summed E-state index contributed by atoms with van der Waals surface area (Å²) in [6.07, 6.45) is 0.523. The molecule has 1 aromatic heterocycles. The Morgan fingerprint density at radius 2 is 1.62 bits per heavy atom. The number of hydrogen-bond donors (Lipinski definition) is 1. The van der Waals surface area contributed by atoms with E-state index in [1.165, 1.54) is 0 Å². The molecule has 0 fully saturated rings. The minimum absolute atomic E-state index is 0.421. The lowest BCUT2D eigenvalue weighted by Gasteiger charge is -2.39. The van der Waals surface area contributed by atoms with Gasteiger partial charge in [-0.15, -0.1) is 0 Å². The molecule has 2 unspecified atom stereocenters. The number of nitrogens with zero attached hydrogens (tertiary/aromatic N) is 2. The second-order valence-electron chi connectivity index (χ2n) is 9.77. The number of aliphatic hydroxyl groups is 1. The Hall–Kier alpha value is -3.25. The van der Waals surface area contributed by atoms with Gasteiger partial charge < -0.3 is 14.7 Å². The summed E-state index contributed by atoms with van der Waals surface area (Å²) in [5.41, 5.74) is 2.36. The fourth-order valence-electron chi connectivity index (χ4n) is 5.30. The van der Waals surface area contributed by atoms with E-state index in [9.17, 15) is 5.11 Å². The molecule has 0 spiro atoms. The van der Waals surface area contributed by atoms with Crippen LogP contribution in [-0.2, 0) is 5.60 Å². The standard InChI is InChI=1S/C32H31BrN2O2/c1-35(2)19-18-32(36,28-15-9-13-22-10-7-8-14-26(22)28)30(23-11-5-4-6-12-23)27-20-24-16-17-25(33)21-29(24)34-31(27)37-3/h4-17,20-21,30,36H,18-19H2,1-3H3. The molecule has 0 saturated heterocycles. The highest BCUT2D eigenvalue weighted by Gasteiger charge is 2.43. The van der Waals surface area contributed by atoms with E-state index in [1.807, 2.05) is 68.7 Å². The van der Waals surface area contributed by atoms with E-state index in [4.69, 9.17) is 9.72 Å². The van der Waals surface area contributed by atoms with Crippen LogP contribution >= 0.6 is 15.9 Å². The van der Waals surface area contributed by atoms with Crippen molar-refractivity contribution in [1.29, 1.82) is 0 Å². The van der Waals surface area contributed by atoms with Gasteiger partial charge in [0.25, 0.3) is 0 Å². The predicted molar refractivity (Wildman–Crippen MR) is 155 cm³/mol. The second-order valence-corrected chi connectivity index (χ2v) is 10.7. The van der Waals surface area contributed by atoms with Gasteiger partial charge in [0.1, 0.15) is 5.60 Å². The maximum Gasteiger partial charge on any atom is 0.217 e. The largest absolute Gasteiger partial charge is 0.481 e. The maximum absolute atomic E-state index is 13.0. The van der Waals surface area contributed by atoms with Crippen LogP contribution in [0.25, 0.3) is 21.7 Å². The molecule has 2 atom stereocenters. The van der Waals surface area contributed by atoms with Crippen LogP contribution in [0.2, 0.25) is 0 Å². The molecular formula is C32H31BrN2O2. The topological polar surface area (TPSA) is 45.6 Å². The average Bonchev–Trinajstić information content (AvgIpc) is 2.92. The Morgan fingerprint density at radius 1 is 0.892 bits per heavy atom. The van der Waals surface area contributed by atoms with Crippen molar-refractivity contribution in [2.75, 3.05) is 27.7 Å². The molecule has 0 aliphatic rings. The molecule has 5 aromatic rings. The molecule has 0 amide bonds. The summed E-state index contributed by atoms with van der Waals surface area (Å²) in [7, 11) is 5.72. The molecule has 5 rings (SSSR count). The molecule has 4 nitrogen and oxygen atoms in total. The van der Waals surface area contributed by atoms with Crippen molar-refractivity contribution in [3.8, 4) is 5.88 Å². The van der Waals surface area contributed by atoms with Crippen LogP contribution in [-0.4, -0.2) is 42.7 Å². The van der Waals surface area contributed by atoms with Crippen molar-refractivity contribution in [3.05, 3.63) is 118 Å². The van der Waals surface area contributed by atoms with Crippen molar-refractivity contribution in [1.82, 2.24) is 9.88 Å². The fraction of sp³-hybridized carbons (Fsp3) is 0.219. The first-order valence-corrected chi connectivity index (χ1v) is 13.2. The molecule has 1 N–H and O–H groups in total. The summed E-state index contributed by atoms with van der Waals surface area (Å²) < 4.78 is 6.85. The van der Waals surface area contributed by atoms with Crippen LogP contribution in [0.3, 0.4) is 0 Å². The van der Waals surface area contributed by atoms with Crippen LogP contribution < -0.4 is 4.74 Å². The maximum atomic E-state index is 13.0. The summed E-state index contributed by atoms with van der Waals surface area (Å²) in [5, 5.41) is 16.2. The van der Waals surface area contributed by atoms with Crippen LogP contribution in [0.4, 0.5) is 0 Å². The molecule has 4 aromatic carbocycles. The number of benzene rings is 4. The Morgan fingerprint density at radius 3 is 2.38 bits per heavy atom. The number of methoxy groups -OCH3 is 1. The third kappa shape index (κ3) is 4.99. The number of ether oxygens (including phenoxy) is 1. The van der Waals surface area contributed by atoms with E-state index < -0.39 is 11.5 Å². The summed E-state index contributed by atoms with van der Waals surface area (Å²) in [6, 6.07) is 32.9. The highest BCUT2D eigenvalue weighted by atomic mass is 79.9. The van der Waals surface area contributed by atoms with Crippen LogP contribution in [0.15, 0.2) is 102 Å². The van der Waals surface area contributed by atoms with Gasteiger partial charge >= 0.3 is 0 Å². The molecule has 37 heavy (non-hydrogen) atoms. The lowest BCUT2D eigenvalue weighted by molar-refractivity contribution is 0.00520. The van der Waals surface area contributed by atoms with Crippen molar-refractivity contribution in [2.24, 2.45) is 0 Å². The Balaban J connectivity index is 1.83. The van der Waals surface area contributed by atoms with E-state index in [-0.39, 0.29) is 0 Å². The fourth-order valence-corrected chi connectivity index (χ4v) is 5.65. The third-order valence-corrected chi connectivity index (χ3v) is 7.58. The first-order valence-electron chi connectivity index (χ1n) is 12.4. The SMILES string of the molecule is COc1nc2cc(Br)ccc2cc1C(c1ccccc1)C(O)(CCN(C)C)c1cccc2ccccc12. The van der Waals surface area contributed by atoms with E-state index >= 15 is 0 Å². The first kappa shape index (κ1) is 25.4. The smallest absolute Gasteiger partial charge is 0.217 e. The molecular weight excluding hydrogens is 524 g/mol. The number of pyridine rings is 1. The molecule has 0 aliphatic carbocycles. The number of aromatic nitrogens is 1. The molecule has 1 heterocycles. The summed E-state index contributed by atoms with van der Waals surface area (Å²) in [4.78, 5) is 7.01. The molecule has 0 aliphatic heterocycles.